The molecule has 9 heteroatoms. The van der Waals surface area contributed by atoms with E-state index in [-0.39, 0.29) is 6.04 Å². The lowest BCUT2D eigenvalue weighted by Gasteiger charge is -2.36. The van der Waals surface area contributed by atoms with E-state index in [1.165, 1.54) is 5.56 Å². The van der Waals surface area contributed by atoms with Crippen molar-refractivity contribution in [2.24, 2.45) is 0 Å². The third kappa shape index (κ3) is 6.21. The maximum absolute atomic E-state index is 12.1. The molecule has 8 nitrogen and oxygen atoms in total. The molecule has 2 aromatic heterocycles. The van der Waals surface area contributed by atoms with Crippen LogP contribution in [0.15, 0.2) is 47.2 Å². The summed E-state index contributed by atoms with van der Waals surface area (Å²) in [5.74, 6) is 0. The van der Waals surface area contributed by atoms with Crippen LogP contribution in [0.1, 0.15) is 39.2 Å². The molecule has 1 aromatic carbocycles. The number of aromatic amines is 1. The molecule has 1 atom stereocenters. The molecule has 0 radical (unpaired) electrons. The van der Waals surface area contributed by atoms with Gasteiger partial charge in [-0.2, -0.15) is 0 Å². The van der Waals surface area contributed by atoms with Gasteiger partial charge in [-0.05, 0) is 61.5 Å². The van der Waals surface area contributed by atoms with E-state index in [1.807, 2.05) is 39.2 Å². The maximum Gasteiger partial charge on any atom is 0.422 e. The van der Waals surface area contributed by atoms with E-state index in [0.29, 0.717) is 0 Å². The summed E-state index contributed by atoms with van der Waals surface area (Å²) in [5, 5.41) is 4.66. The zero-order valence-electron chi connectivity index (χ0n) is 20.0. The van der Waals surface area contributed by atoms with Crippen LogP contribution in [0, 0.1) is 0 Å². The zero-order valence-corrected chi connectivity index (χ0v) is 21.5. The lowest BCUT2D eigenvalue weighted by atomic mass is 10.0. The molecule has 1 aliphatic heterocycles. The minimum Gasteiger partial charge on any atom is -0.443 e. The molecule has 1 saturated heterocycles. The van der Waals surface area contributed by atoms with Crippen LogP contribution in [-0.4, -0.2) is 47.3 Å². The molecule has 0 bridgehead atoms. The molecule has 3 aromatic rings. The molecule has 3 heterocycles. The molecule has 0 unspecified atom stereocenters. The van der Waals surface area contributed by atoms with E-state index in [4.69, 9.17) is 4.74 Å². The van der Waals surface area contributed by atoms with Gasteiger partial charge in [-0.15, -0.1) is 0 Å². The summed E-state index contributed by atoms with van der Waals surface area (Å²) >= 11 is 3.74. The van der Waals surface area contributed by atoms with Gasteiger partial charge in [-0.3, -0.25) is 5.43 Å². The van der Waals surface area contributed by atoms with Crippen molar-refractivity contribution in [2.45, 2.75) is 51.7 Å². The number of ether oxygens (including phenoxy) is 1. The number of amides is 1. The highest BCUT2D eigenvalue weighted by molar-refractivity contribution is 9.10. The average molecular weight is 529 g/mol. The molecule has 34 heavy (non-hydrogen) atoms. The van der Waals surface area contributed by atoms with Gasteiger partial charge in [0.25, 0.3) is 0 Å². The van der Waals surface area contributed by atoms with Crippen LogP contribution in [0.3, 0.4) is 0 Å². The van der Waals surface area contributed by atoms with Crippen molar-refractivity contribution in [1.29, 1.82) is 0 Å². The van der Waals surface area contributed by atoms with Crippen LogP contribution in [0.5, 0.6) is 0 Å². The van der Waals surface area contributed by atoms with Crippen LogP contribution in [-0.2, 0) is 11.2 Å². The van der Waals surface area contributed by atoms with Crippen LogP contribution < -0.4 is 21.1 Å². The third-order valence-electron chi connectivity index (χ3n) is 5.72. The molecule has 0 saturated carbocycles. The van der Waals surface area contributed by atoms with Crippen molar-refractivity contribution in [1.82, 2.24) is 20.8 Å². The summed E-state index contributed by atoms with van der Waals surface area (Å²) in [4.78, 5) is 22.3. The number of anilines is 2. The van der Waals surface area contributed by atoms with Gasteiger partial charge >= 0.3 is 6.09 Å². The second kappa shape index (κ2) is 10.7. The molecule has 182 valence electrons. The number of hydrazine groups is 1. The van der Waals surface area contributed by atoms with Crippen molar-refractivity contribution in [3.05, 3.63) is 52.8 Å². The maximum atomic E-state index is 12.1. The van der Waals surface area contributed by atoms with Crippen LogP contribution in [0.2, 0.25) is 0 Å². The fraction of sp³-hybridized carbons (Fsp3) is 0.440. The van der Waals surface area contributed by atoms with E-state index in [9.17, 15) is 4.79 Å². The Kier molecular flexibility index (Phi) is 7.63. The van der Waals surface area contributed by atoms with E-state index >= 15 is 0 Å². The molecule has 4 rings (SSSR count). The number of piperidine rings is 1. The lowest BCUT2D eigenvalue weighted by Crippen LogP contribution is -2.53. The summed E-state index contributed by atoms with van der Waals surface area (Å²) < 4.78 is 6.29. The number of halogens is 1. The lowest BCUT2D eigenvalue weighted by molar-refractivity contribution is 0.0485. The Labute approximate surface area is 208 Å². The summed E-state index contributed by atoms with van der Waals surface area (Å²) in [7, 11) is 0. The summed E-state index contributed by atoms with van der Waals surface area (Å²) in [6, 6.07) is 10.6. The van der Waals surface area contributed by atoms with Gasteiger partial charge in [-0.1, -0.05) is 30.3 Å². The van der Waals surface area contributed by atoms with Gasteiger partial charge in [0, 0.05) is 38.1 Å². The number of carbonyl (C=O) groups excluding carboxylic acids is 1. The number of benzene rings is 1. The average Bonchev–Trinajstić information content (AvgIpc) is 3.20. The highest BCUT2D eigenvalue weighted by Gasteiger charge is 2.26. The first-order valence-corrected chi connectivity index (χ1v) is 12.5. The molecule has 1 aliphatic rings. The van der Waals surface area contributed by atoms with Crippen LogP contribution in [0.4, 0.5) is 16.2 Å². The minimum atomic E-state index is -0.532. The quantitative estimate of drug-likeness (QED) is 0.323. The van der Waals surface area contributed by atoms with Crippen molar-refractivity contribution in [3.8, 4) is 0 Å². The SMILES string of the molecule is CC(C)(C)OC(=O)NN[C@@H]1CCCN(c2c(Br)cnc3[nH]cc(NCCc4ccccc4)c23)C1. The fourth-order valence-corrected chi connectivity index (χ4v) is 4.80. The number of rotatable bonds is 7. The zero-order chi connectivity index (χ0) is 24.1. The number of hydrogen-bond donors (Lipinski definition) is 4. The molecule has 0 aliphatic carbocycles. The first-order chi connectivity index (χ1) is 16.3. The number of aromatic nitrogens is 2. The van der Waals surface area contributed by atoms with Crippen LogP contribution in [0.25, 0.3) is 11.0 Å². The van der Waals surface area contributed by atoms with Gasteiger partial charge in [0.2, 0.25) is 0 Å². The normalized spacial score (nSPS) is 16.5. The summed E-state index contributed by atoms with van der Waals surface area (Å²) in [6.45, 7) is 8.06. The number of pyridine rings is 1. The van der Waals surface area contributed by atoms with Crippen molar-refractivity contribution in [3.63, 3.8) is 0 Å². The smallest absolute Gasteiger partial charge is 0.422 e. The van der Waals surface area contributed by atoms with Gasteiger partial charge in [0.1, 0.15) is 11.2 Å². The Balaban J connectivity index is 1.46. The van der Waals surface area contributed by atoms with E-state index < -0.39 is 11.7 Å². The Morgan fingerprint density at radius 2 is 2.09 bits per heavy atom. The Hall–Kier alpha value is -2.78. The second-order valence-electron chi connectivity index (χ2n) is 9.60. The third-order valence-corrected chi connectivity index (χ3v) is 6.30. The Bertz CT molecular complexity index is 1110. The standard InChI is InChI=1S/C25H33BrN6O2/c1-25(2,3)34-24(33)31-30-18-10-7-13-32(16-18)22-19(26)14-28-23-21(22)20(15-29-23)27-12-11-17-8-5-4-6-9-17/h4-6,8-9,14-15,18,27,30H,7,10-13,16H2,1-3H3,(H,28,29)(H,31,33)/t18-/m1/s1. The Morgan fingerprint density at radius 3 is 2.85 bits per heavy atom. The molecule has 1 fully saturated rings. The number of H-pyrrole nitrogens is 1. The van der Waals surface area contributed by atoms with E-state index in [1.54, 1.807) is 0 Å². The number of nitrogens with one attached hydrogen (secondary N) is 4. The molecular formula is C25H33BrN6O2. The van der Waals surface area contributed by atoms with Crippen LogP contribution >= 0.6 is 15.9 Å². The first kappa shape index (κ1) is 24.3. The van der Waals surface area contributed by atoms with Gasteiger partial charge in [0.15, 0.2) is 0 Å². The topological polar surface area (TPSA) is 94.3 Å². The van der Waals surface area contributed by atoms with Crippen molar-refractivity contribution < 1.29 is 9.53 Å². The number of nitrogens with zero attached hydrogens (tertiary/aromatic N) is 2. The second-order valence-corrected chi connectivity index (χ2v) is 10.5. The predicted molar refractivity (Wildman–Crippen MR) is 140 cm³/mol. The van der Waals surface area contributed by atoms with E-state index in [0.717, 1.165) is 65.8 Å². The molecule has 4 N–H and O–H groups in total. The minimum absolute atomic E-state index is 0.102. The monoisotopic (exact) mass is 528 g/mol. The van der Waals surface area contributed by atoms with E-state index in [2.05, 4.69) is 71.2 Å². The molecule has 1 amide bonds. The van der Waals surface area contributed by atoms with Gasteiger partial charge in [0.05, 0.1) is 21.2 Å². The van der Waals surface area contributed by atoms with Crippen molar-refractivity contribution >= 4 is 44.4 Å². The highest BCUT2D eigenvalue weighted by atomic mass is 79.9. The summed E-state index contributed by atoms with van der Waals surface area (Å²) in [6.07, 6.45) is 6.28. The number of fused-ring (bicyclic) bond motifs is 1. The predicted octanol–water partition coefficient (Wildman–Crippen LogP) is 4.98. The van der Waals surface area contributed by atoms with Gasteiger partial charge in [-0.25, -0.2) is 15.2 Å². The van der Waals surface area contributed by atoms with Crippen molar-refractivity contribution in [2.75, 3.05) is 29.9 Å². The Morgan fingerprint density at radius 1 is 1.29 bits per heavy atom. The molecule has 0 spiro atoms. The highest BCUT2D eigenvalue weighted by Crippen LogP contribution is 2.38. The molecular weight excluding hydrogens is 496 g/mol. The number of hydrogen-bond acceptors (Lipinski definition) is 6. The summed E-state index contributed by atoms with van der Waals surface area (Å²) in [5.41, 5.74) is 9.62. The largest absolute Gasteiger partial charge is 0.443 e. The van der Waals surface area contributed by atoms with Gasteiger partial charge < -0.3 is 19.9 Å². The first-order valence-electron chi connectivity index (χ1n) is 11.7. The number of carbonyl (C=O) groups is 1. The fourth-order valence-electron chi connectivity index (χ4n) is 4.25.